The van der Waals surface area contributed by atoms with E-state index in [0.29, 0.717) is 18.4 Å². The lowest BCUT2D eigenvalue weighted by molar-refractivity contribution is -0.154. The Bertz CT molecular complexity index is 675. The fourth-order valence-electron chi connectivity index (χ4n) is 2.32. The predicted octanol–water partition coefficient (Wildman–Crippen LogP) is 1.68. The summed E-state index contributed by atoms with van der Waals surface area (Å²) in [5.41, 5.74) is 2.29. The molecule has 0 amide bonds. The van der Waals surface area contributed by atoms with Crippen LogP contribution in [-0.4, -0.2) is 35.2 Å². The second-order valence-corrected chi connectivity index (χ2v) is 5.26. The molecule has 0 unspecified atom stereocenters. The molecule has 6 nitrogen and oxygen atoms in total. The number of allylic oxidation sites excluding steroid dienone is 7. The van der Waals surface area contributed by atoms with Crippen molar-refractivity contribution in [3.63, 3.8) is 0 Å². The molecule has 0 radical (unpaired) electrons. The van der Waals surface area contributed by atoms with Gasteiger partial charge in [0.15, 0.2) is 18.2 Å². The van der Waals surface area contributed by atoms with Crippen LogP contribution in [0.5, 0.6) is 0 Å². The van der Waals surface area contributed by atoms with Gasteiger partial charge in [-0.2, -0.15) is 0 Å². The fraction of sp³-hybridized carbons (Fsp3) is 0.294. The minimum absolute atomic E-state index is 0.0366. The number of hydrogen-bond acceptors (Lipinski definition) is 5. The summed E-state index contributed by atoms with van der Waals surface area (Å²) in [4.78, 5) is 44.8. The van der Waals surface area contributed by atoms with Crippen LogP contribution >= 0.6 is 0 Å². The molecule has 1 N–H and O–H groups in total. The van der Waals surface area contributed by atoms with Crippen LogP contribution < -0.4 is 0 Å². The molecule has 0 aliphatic heterocycles. The lowest BCUT2D eigenvalue weighted by atomic mass is 9.88. The van der Waals surface area contributed by atoms with Crippen molar-refractivity contribution >= 4 is 23.5 Å². The molecular weight excluding hydrogens is 300 g/mol. The second-order valence-electron chi connectivity index (χ2n) is 5.26. The van der Waals surface area contributed by atoms with Gasteiger partial charge in [0.2, 0.25) is 0 Å². The summed E-state index contributed by atoms with van der Waals surface area (Å²) in [7, 11) is 0. The van der Waals surface area contributed by atoms with Crippen molar-refractivity contribution in [2.45, 2.75) is 25.7 Å². The van der Waals surface area contributed by atoms with Crippen LogP contribution in [0.3, 0.4) is 0 Å². The summed E-state index contributed by atoms with van der Waals surface area (Å²) >= 11 is 0. The summed E-state index contributed by atoms with van der Waals surface area (Å²) in [5, 5.41) is 8.50. The Morgan fingerprint density at radius 3 is 2.43 bits per heavy atom. The van der Waals surface area contributed by atoms with E-state index in [-0.39, 0.29) is 24.4 Å². The third-order valence-electron chi connectivity index (χ3n) is 3.43. The lowest BCUT2D eigenvalue weighted by Gasteiger charge is -2.17. The number of rotatable bonds is 6. The molecule has 120 valence electrons. The molecule has 0 heterocycles. The third kappa shape index (κ3) is 5.18. The number of carbonyl (C=O) groups excluding carboxylic acids is 3. The highest BCUT2D eigenvalue weighted by Crippen LogP contribution is 2.28. The van der Waals surface area contributed by atoms with E-state index in [9.17, 15) is 19.2 Å². The molecule has 6 heteroatoms. The van der Waals surface area contributed by atoms with E-state index in [1.54, 1.807) is 12.2 Å². The van der Waals surface area contributed by atoms with Crippen LogP contribution in [0.15, 0.2) is 47.1 Å². The molecule has 0 aromatic heterocycles. The van der Waals surface area contributed by atoms with E-state index in [0.717, 1.165) is 11.1 Å². The van der Waals surface area contributed by atoms with Crippen molar-refractivity contribution < 1.29 is 29.0 Å². The highest BCUT2D eigenvalue weighted by atomic mass is 16.5. The molecule has 0 bridgehead atoms. The van der Waals surface area contributed by atoms with Crippen molar-refractivity contribution in [2.75, 3.05) is 6.61 Å². The van der Waals surface area contributed by atoms with Crippen LogP contribution in [-0.2, 0) is 23.9 Å². The van der Waals surface area contributed by atoms with Gasteiger partial charge in [-0.05, 0) is 35.3 Å². The van der Waals surface area contributed by atoms with E-state index >= 15 is 0 Å². The molecule has 0 fully saturated rings. The molecule has 23 heavy (non-hydrogen) atoms. The number of ketones is 2. The van der Waals surface area contributed by atoms with Crippen molar-refractivity contribution in [3.05, 3.63) is 47.1 Å². The van der Waals surface area contributed by atoms with E-state index in [1.165, 1.54) is 12.2 Å². The minimum atomic E-state index is -1.23. The first-order valence-electron chi connectivity index (χ1n) is 7.14. The van der Waals surface area contributed by atoms with Gasteiger partial charge in [-0.3, -0.25) is 14.4 Å². The number of carboxylic acid groups (broad SMARTS) is 1. The van der Waals surface area contributed by atoms with E-state index in [2.05, 4.69) is 4.74 Å². The van der Waals surface area contributed by atoms with Gasteiger partial charge in [-0.25, -0.2) is 4.79 Å². The molecule has 0 aromatic rings. The van der Waals surface area contributed by atoms with Crippen molar-refractivity contribution in [1.82, 2.24) is 0 Å². The van der Waals surface area contributed by atoms with Crippen molar-refractivity contribution in [3.8, 4) is 0 Å². The monoisotopic (exact) mass is 316 g/mol. The van der Waals surface area contributed by atoms with Crippen LogP contribution in [0, 0.1) is 0 Å². The average molecular weight is 316 g/mol. The molecule has 0 aromatic carbocycles. The number of carbonyl (C=O) groups is 4. The quantitative estimate of drug-likeness (QED) is 0.749. The van der Waals surface area contributed by atoms with Gasteiger partial charge in [-0.1, -0.05) is 18.2 Å². The van der Waals surface area contributed by atoms with Crippen molar-refractivity contribution in [2.24, 2.45) is 0 Å². The summed E-state index contributed by atoms with van der Waals surface area (Å²) < 4.78 is 4.60. The smallest absolute Gasteiger partial charge is 0.341 e. The molecule has 2 rings (SSSR count). The predicted molar refractivity (Wildman–Crippen MR) is 80.5 cm³/mol. The SMILES string of the molecule is O=C(O)COC(=O)CC1=CC(=O)CC=C1CC1=CCC(=O)C=C1. The van der Waals surface area contributed by atoms with Gasteiger partial charge >= 0.3 is 11.9 Å². The fourth-order valence-corrected chi connectivity index (χ4v) is 2.32. The van der Waals surface area contributed by atoms with Crippen LogP contribution in [0.2, 0.25) is 0 Å². The van der Waals surface area contributed by atoms with Crippen LogP contribution in [0.4, 0.5) is 0 Å². The zero-order chi connectivity index (χ0) is 16.8. The molecule has 0 atom stereocenters. The number of ether oxygens (including phenoxy) is 1. The Morgan fingerprint density at radius 1 is 1.04 bits per heavy atom. The standard InChI is InChI=1S/C17H16O6/c18-14-4-1-11(2-5-14)7-12-3-6-15(19)8-13(12)9-17(22)23-10-16(20)21/h1-4,8H,5-7,9-10H2,(H,20,21). The Kier molecular flexibility index (Phi) is 5.41. The van der Waals surface area contributed by atoms with Gasteiger partial charge in [-0.15, -0.1) is 0 Å². The summed E-state index contributed by atoms with van der Waals surface area (Å²) in [6, 6.07) is 0. The van der Waals surface area contributed by atoms with Crippen LogP contribution in [0.25, 0.3) is 0 Å². The first kappa shape index (κ1) is 16.6. The van der Waals surface area contributed by atoms with E-state index in [4.69, 9.17) is 5.11 Å². The second kappa shape index (κ2) is 7.49. The first-order valence-corrected chi connectivity index (χ1v) is 7.14. The molecule has 2 aliphatic carbocycles. The third-order valence-corrected chi connectivity index (χ3v) is 3.43. The Balaban J connectivity index is 2.03. The van der Waals surface area contributed by atoms with Gasteiger partial charge in [0.05, 0.1) is 6.42 Å². The number of esters is 1. The topological polar surface area (TPSA) is 97.7 Å². The number of hydrogen-bond donors (Lipinski definition) is 1. The van der Waals surface area contributed by atoms with Gasteiger partial charge < -0.3 is 9.84 Å². The summed E-state index contributed by atoms with van der Waals surface area (Å²) in [5.74, 6) is -2.00. The maximum atomic E-state index is 11.7. The molecule has 0 spiro atoms. The molecule has 0 saturated carbocycles. The van der Waals surface area contributed by atoms with E-state index in [1.807, 2.05) is 6.08 Å². The molecule has 0 saturated heterocycles. The van der Waals surface area contributed by atoms with Crippen molar-refractivity contribution in [1.29, 1.82) is 0 Å². The largest absolute Gasteiger partial charge is 0.479 e. The highest BCUT2D eigenvalue weighted by molar-refractivity contribution is 5.95. The Hall–Kier alpha value is -2.76. The summed E-state index contributed by atoms with van der Waals surface area (Å²) in [6.45, 7) is -0.699. The Morgan fingerprint density at radius 2 is 1.78 bits per heavy atom. The van der Waals surface area contributed by atoms with E-state index < -0.39 is 18.5 Å². The number of carboxylic acids is 1. The zero-order valence-corrected chi connectivity index (χ0v) is 12.4. The van der Waals surface area contributed by atoms with Crippen LogP contribution in [0.1, 0.15) is 25.7 Å². The Labute approximate surface area is 132 Å². The first-order chi connectivity index (χ1) is 10.9. The zero-order valence-electron chi connectivity index (χ0n) is 12.4. The molecular formula is C17H16O6. The summed E-state index contributed by atoms with van der Waals surface area (Å²) in [6.07, 6.45) is 9.17. The lowest BCUT2D eigenvalue weighted by Crippen LogP contribution is -2.15. The average Bonchev–Trinajstić information content (AvgIpc) is 2.50. The van der Waals surface area contributed by atoms with Gasteiger partial charge in [0.25, 0.3) is 0 Å². The maximum absolute atomic E-state index is 11.7. The molecule has 2 aliphatic rings. The number of aliphatic carboxylic acids is 1. The normalized spacial score (nSPS) is 17.3. The highest BCUT2D eigenvalue weighted by Gasteiger charge is 2.19. The minimum Gasteiger partial charge on any atom is -0.479 e. The maximum Gasteiger partial charge on any atom is 0.341 e. The van der Waals surface area contributed by atoms with Gasteiger partial charge in [0, 0.05) is 12.8 Å². The van der Waals surface area contributed by atoms with Gasteiger partial charge in [0.1, 0.15) is 0 Å².